The van der Waals surface area contributed by atoms with Crippen molar-refractivity contribution in [3.8, 4) is 0 Å². The molecule has 0 heterocycles. The molecular formula is C3H3NaO3. The van der Waals surface area contributed by atoms with E-state index in [1.165, 1.54) is 0 Å². The Morgan fingerprint density at radius 1 is 1.71 bits per heavy atom. The van der Waals surface area contributed by atoms with Crippen LogP contribution in [0.15, 0.2) is 12.3 Å². The van der Waals surface area contributed by atoms with E-state index in [9.17, 15) is 9.90 Å². The van der Waals surface area contributed by atoms with Gasteiger partial charge in [0, 0.05) is 0 Å². The Hall–Kier alpha value is 0.0100. The van der Waals surface area contributed by atoms with Gasteiger partial charge in [0.1, 0.15) is 11.7 Å². The van der Waals surface area contributed by atoms with Crippen LogP contribution in [0.2, 0.25) is 0 Å². The summed E-state index contributed by atoms with van der Waals surface area (Å²) in [5.74, 6) is -2.56. The van der Waals surface area contributed by atoms with E-state index in [-0.39, 0.29) is 29.6 Å². The van der Waals surface area contributed by atoms with Gasteiger partial charge < -0.3 is 15.0 Å². The summed E-state index contributed by atoms with van der Waals surface area (Å²) < 4.78 is 0. The number of rotatable bonds is 1. The van der Waals surface area contributed by atoms with Gasteiger partial charge in [0.2, 0.25) is 0 Å². The summed E-state index contributed by atoms with van der Waals surface area (Å²) in [5.41, 5.74) is 0. The van der Waals surface area contributed by atoms with E-state index >= 15 is 0 Å². The second kappa shape index (κ2) is 4.18. The van der Waals surface area contributed by atoms with Crippen LogP contribution in [-0.2, 0) is 4.79 Å². The van der Waals surface area contributed by atoms with E-state index < -0.39 is 11.7 Å². The van der Waals surface area contributed by atoms with Crippen molar-refractivity contribution in [2.45, 2.75) is 0 Å². The third-order valence-corrected chi connectivity index (χ3v) is 0.236. The molecule has 0 bridgehead atoms. The van der Waals surface area contributed by atoms with Crippen LogP contribution in [0.3, 0.4) is 0 Å². The molecule has 0 atom stereocenters. The third-order valence-electron chi connectivity index (χ3n) is 0.236. The Balaban J connectivity index is 0. The average molecular weight is 110 g/mol. The van der Waals surface area contributed by atoms with Crippen molar-refractivity contribution < 1.29 is 44.6 Å². The first-order valence-electron chi connectivity index (χ1n) is 1.24. The van der Waals surface area contributed by atoms with Gasteiger partial charge in [0.25, 0.3) is 0 Å². The van der Waals surface area contributed by atoms with Crippen LogP contribution in [0.5, 0.6) is 0 Å². The number of carbonyl (C=O) groups is 1. The van der Waals surface area contributed by atoms with Gasteiger partial charge in [-0.1, -0.05) is 6.58 Å². The molecular weight excluding hydrogens is 107 g/mol. The van der Waals surface area contributed by atoms with E-state index in [1.54, 1.807) is 0 Å². The van der Waals surface area contributed by atoms with Crippen molar-refractivity contribution in [1.82, 2.24) is 0 Å². The number of aliphatic hydroxyl groups excluding tert-OH is 1. The summed E-state index contributed by atoms with van der Waals surface area (Å²) >= 11 is 0. The summed E-state index contributed by atoms with van der Waals surface area (Å²) in [7, 11) is 0. The zero-order valence-corrected chi connectivity index (χ0v) is 5.97. The minimum Gasteiger partial charge on any atom is -0.542 e. The number of carboxylic acids is 1. The monoisotopic (exact) mass is 110 g/mol. The maximum Gasteiger partial charge on any atom is 1.00 e. The predicted octanol–water partition coefficient (Wildman–Crippen LogP) is -4.19. The fourth-order valence-corrected chi connectivity index (χ4v) is 0. The SMILES string of the molecule is C=C(O)C(=O)[O-].[Na+]. The molecule has 3 nitrogen and oxygen atoms in total. The van der Waals surface area contributed by atoms with Crippen molar-refractivity contribution in [3.05, 3.63) is 12.3 Å². The largest absolute Gasteiger partial charge is 1.00 e. The standard InChI is InChI=1S/C3H4O3.Na/c1-2(4)3(5)6;/h4H,1H2,(H,5,6);/q;+1/p-1. The van der Waals surface area contributed by atoms with Gasteiger partial charge >= 0.3 is 29.6 Å². The van der Waals surface area contributed by atoms with Gasteiger partial charge in [-0.05, 0) is 0 Å². The summed E-state index contributed by atoms with van der Waals surface area (Å²) in [6.45, 7) is 2.65. The van der Waals surface area contributed by atoms with Crippen LogP contribution in [-0.4, -0.2) is 11.1 Å². The zero-order chi connectivity index (χ0) is 5.15. The Morgan fingerprint density at radius 3 is 1.86 bits per heavy atom. The van der Waals surface area contributed by atoms with Crippen LogP contribution >= 0.6 is 0 Å². The quantitative estimate of drug-likeness (QED) is 0.211. The Bertz CT molecular complexity index is 76.2. The molecule has 0 aliphatic heterocycles. The molecule has 0 saturated heterocycles. The van der Waals surface area contributed by atoms with Crippen molar-refractivity contribution in [1.29, 1.82) is 0 Å². The van der Waals surface area contributed by atoms with Gasteiger partial charge in [-0.3, -0.25) is 0 Å². The van der Waals surface area contributed by atoms with E-state index in [2.05, 4.69) is 6.58 Å². The summed E-state index contributed by atoms with van der Waals surface area (Å²) in [6.07, 6.45) is 0. The maximum absolute atomic E-state index is 9.24. The fraction of sp³-hybridized carbons (Fsp3) is 0. The Kier molecular flexibility index (Phi) is 6.02. The molecule has 0 unspecified atom stereocenters. The fourth-order valence-electron chi connectivity index (χ4n) is 0. The molecule has 0 saturated carbocycles. The zero-order valence-electron chi connectivity index (χ0n) is 3.97. The van der Waals surface area contributed by atoms with Crippen molar-refractivity contribution in [3.63, 3.8) is 0 Å². The molecule has 0 radical (unpaired) electrons. The molecule has 0 aromatic rings. The van der Waals surface area contributed by atoms with E-state index in [0.717, 1.165) is 0 Å². The average Bonchev–Trinajstić information content (AvgIpc) is 1.36. The topological polar surface area (TPSA) is 60.4 Å². The third kappa shape index (κ3) is 6.01. The van der Waals surface area contributed by atoms with Crippen LogP contribution in [0.4, 0.5) is 0 Å². The molecule has 1 N–H and O–H groups in total. The van der Waals surface area contributed by atoms with Gasteiger partial charge in [-0.15, -0.1) is 0 Å². The molecule has 0 aliphatic rings. The van der Waals surface area contributed by atoms with Crippen molar-refractivity contribution in [2.75, 3.05) is 0 Å². The van der Waals surface area contributed by atoms with Crippen LogP contribution in [0.25, 0.3) is 0 Å². The molecule has 34 valence electrons. The molecule has 0 aromatic heterocycles. The summed E-state index contributed by atoms with van der Waals surface area (Å²) in [6, 6.07) is 0. The first kappa shape index (κ1) is 10.1. The maximum atomic E-state index is 9.24. The second-order valence-corrected chi connectivity index (χ2v) is 0.734. The molecule has 0 spiro atoms. The first-order valence-corrected chi connectivity index (χ1v) is 1.24. The number of hydrogen-bond donors (Lipinski definition) is 1. The van der Waals surface area contributed by atoms with Crippen molar-refractivity contribution >= 4 is 5.97 Å². The predicted molar refractivity (Wildman–Crippen MR) is 16.8 cm³/mol. The van der Waals surface area contributed by atoms with Gasteiger partial charge in [-0.25, -0.2) is 0 Å². The van der Waals surface area contributed by atoms with Crippen LogP contribution in [0.1, 0.15) is 0 Å². The molecule has 0 fully saturated rings. The molecule has 4 heteroatoms. The molecule has 0 aromatic carbocycles. The first-order chi connectivity index (χ1) is 2.64. The number of aliphatic hydroxyl groups is 1. The minimum absolute atomic E-state index is 0. The molecule has 0 amide bonds. The summed E-state index contributed by atoms with van der Waals surface area (Å²) in [5, 5.41) is 17.0. The van der Waals surface area contributed by atoms with E-state index in [0.29, 0.717) is 0 Å². The smallest absolute Gasteiger partial charge is 0.542 e. The number of aliphatic carboxylic acids is 1. The number of hydrogen-bond acceptors (Lipinski definition) is 3. The normalized spacial score (nSPS) is 6.29. The second-order valence-electron chi connectivity index (χ2n) is 0.734. The Morgan fingerprint density at radius 2 is 1.86 bits per heavy atom. The van der Waals surface area contributed by atoms with Gasteiger partial charge in [-0.2, -0.15) is 0 Å². The minimum atomic E-state index is -1.63. The van der Waals surface area contributed by atoms with E-state index in [1.807, 2.05) is 0 Å². The van der Waals surface area contributed by atoms with Crippen LogP contribution in [0, 0.1) is 0 Å². The van der Waals surface area contributed by atoms with E-state index in [4.69, 9.17) is 5.11 Å². The molecule has 7 heavy (non-hydrogen) atoms. The Labute approximate surface area is 62.9 Å². The molecule has 0 rings (SSSR count). The van der Waals surface area contributed by atoms with Crippen molar-refractivity contribution in [2.24, 2.45) is 0 Å². The molecule has 0 aliphatic carbocycles. The number of carboxylic acid groups (broad SMARTS) is 1. The van der Waals surface area contributed by atoms with Gasteiger partial charge in [0.15, 0.2) is 0 Å². The van der Waals surface area contributed by atoms with Crippen LogP contribution < -0.4 is 34.7 Å². The van der Waals surface area contributed by atoms with Gasteiger partial charge in [0.05, 0.1) is 0 Å². The summed E-state index contributed by atoms with van der Waals surface area (Å²) in [4.78, 5) is 9.24. The number of carbonyl (C=O) groups excluding carboxylic acids is 1.